The Morgan fingerprint density at radius 2 is 2.06 bits per heavy atom. The first-order valence-electron chi connectivity index (χ1n) is 4.74. The lowest BCUT2D eigenvalue weighted by Crippen LogP contribution is -2.05. The van der Waals surface area contributed by atoms with Gasteiger partial charge in [-0.25, -0.2) is 19.7 Å². The number of ether oxygens (including phenoxy) is 1. The molecule has 0 N–H and O–H groups in total. The molecular formula is C11H8FN3O2. The van der Waals surface area contributed by atoms with E-state index in [-0.39, 0.29) is 11.5 Å². The molecule has 0 aromatic carbocycles. The van der Waals surface area contributed by atoms with Gasteiger partial charge in [0.25, 0.3) is 0 Å². The van der Waals surface area contributed by atoms with E-state index in [0.29, 0.717) is 5.56 Å². The summed E-state index contributed by atoms with van der Waals surface area (Å²) >= 11 is 0. The molecule has 0 unspecified atom stereocenters. The summed E-state index contributed by atoms with van der Waals surface area (Å²) in [5, 5.41) is 0. The van der Waals surface area contributed by atoms with Crippen LogP contribution in [0.2, 0.25) is 0 Å². The van der Waals surface area contributed by atoms with Crippen LogP contribution in [0.15, 0.2) is 30.6 Å². The number of halogens is 1. The number of methoxy groups -OCH3 is 1. The second-order valence-corrected chi connectivity index (χ2v) is 3.12. The molecule has 0 aliphatic rings. The molecule has 5 nitrogen and oxygen atoms in total. The minimum Gasteiger partial charge on any atom is -0.464 e. The van der Waals surface area contributed by atoms with Crippen molar-refractivity contribution in [2.45, 2.75) is 0 Å². The Hall–Kier alpha value is -2.37. The molecule has 0 saturated carbocycles. The summed E-state index contributed by atoms with van der Waals surface area (Å²) in [6.45, 7) is 0. The standard InChI is InChI=1S/C11H8FN3O2/c1-17-11(16)8-3-5-14-10(15-8)7-2-4-13-9(12)6-7/h2-6H,1H3. The second-order valence-electron chi connectivity index (χ2n) is 3.12. The fourth-order valence-corrected chi connectivity index (χ4v) is 1.26. The monoisotopic (exact) mass is 233 g/mol. The zero-order chi connectivity index (χ0) is 12.3. The van der Waals surface area contributed by atoms with Crippen molar-refractivity contribution in [3.05, 3.63) is 42.2 Å². The van der Waals surface area contributed by atoms with Crippen LogP contribution in [0.4, 0.5) is 4.39 Å². The number of rotatable bonds is 2. The van der Waals surface area contributed by atoms with Gasteiger partial charge < -0.3 is 4.74 Å². The first-order chi connectivity index (χ1) is 8.20. The lowest BCUT2D eigenvalue weighted by molar-refractivity contribution is 0.0594. The first kappa shape index (κ1) is 11.1. The quantitative estimate of drug-likeness (QED) is 0.580. The second kappa shape index (κ2) is 4.65. The molecule has 0 spiro atoms. The molecule has 0 aliphatic carbocycles. The van der Waals surface area contributed by atoms with Gasteiger partial charge in [0.1, 0.15) is 0 Å². The number of carbonyl (C=O) groups excluding carboxylic acids is 1. The third-order valence-corrected chi connectivity index (χ3v) is 2.03. The summed E-state index contributed by atoms with van der Waals surface area (Å²) in [4.78, 5) is 22.6. The van der Waals surface area contributed by atoms with E-state index >= 15 is 0 Å². The molecule has 0 fully saturated rings. The Labute approximate surface area is 96.3 Å². The molecule has 17 heavy (non-hydrogen) atoms. The summed E-state index contributed by atoms with van der Waals surface area (Å²) in [6.07, 6.45) is 2.71. The molecule has 0 radical (unpaired) electrons. The zero-order valence-electron chi connectivity index (χ0n) is 8.92. The smallest absolute Gasteiger partial charge is 0.356 e. The van der Waals surface area contributed by atoms with E-state index in [4.69, 9.17) is 0 Å². The predicted octanol–water partition coefficient (Wildman–Crippen LogP) is 1.46. The highest BCUT2D eigenvalue weighted by Gasteiger charge is 2.10. The van der Waals surface area contributed by atoms with E-state index in [1.165, 1.54) is 31.6 Å². The van der Waals surface area contributed by atoms with Gasteiger partial charge in [-0.05, 0) is 12.1 Å². The van der Waals surface area contributed by atoms with Gasteiger partial charge in [0.2, 0.25) is 5.95 Å². The summed E-state index contributed by atoms with van der Waals surface area (Å²) in [5.41, 5.74) is 0.568. The largest absolute Gasteiger partial charge is 0.464 e. The van der Waals surface area contributed by atoms with Crippen molar-refractivity contribution >= 4 is 5.97 Å². The highest BCUT2D eigenvalue weighted by molar-refractivity contribution is 5.87. The van der Waals surface area contributed by atoms with Crippen LogP contribution in [-0.4, -0.2) is 28.0 Å². The fourth-order valence-electron chi connectivity index (χ4n) is 1.26. The van der Waals surface area contributed by atoms with Crippen molar-refractivity contribution in [1.82, 2.24) is 15.0 Å². The molecule has 2 aromatic heterocycles. The summed E-state index contributed by atoms with van der Waals surface area (Å²) in [6, 6.07) is 4.17. The highest BCUT2D eigenvalue weighted by Crippen LogP contribution is 2.14. The Morgan fingerprint density at radius 1 is 1.29 bits per heavy atom. The number of carbonyl (C=O) groups is 1. The summed E-state index contributed by atoms with van der Waals surface area (Å²) < 4.78 is 17.5. The van der Waals surface area contributed by atoms with Crippen LogP contribution in [0.5, 0.6) is 0 Å². The normalized spacial score (nSPS) is 10.0. The maximum atomic E-state index is 12.9. The van der Waals surface area contributed by atoms with Gasteiger partial charge in [-0.1, -0.05) is 0 Å². The third kappa shape index (κ3) is 2.41. The minimum atomic E-state index is -0.630. The van der Waals surface area contributed by atoms with Gasteiger partial charge in [-0.15, -0.1) is 0 Å². The number of esters is 1. The molecule has 0 atom stereocenters. The molecular weight excluding hydrogens is 225 g/mol. The average Bonchev–Trinajstić information content (AvgIpc) is 2.38. The van der Waals surface area contributed by atoms with Gasteiger partial charge in [0.15, 0.2) is 11.5 Å². The van der Waals surface area contributed by atoms with E-state index in [2.05, 4.69) is 19.7 Å². The Kier molecular flexibility index (Phi) is 3.04. The summed E-state index contributed by atoms with van der Waals surface area (Å²) in [7, 11) is 1.26. The van der Waals surface area contributed by atoms with Crippen molar-refractivity contribution in [3.8, 4) is 11.4 Å². The lowest BCUT2D eigenvalue weighted by Gasteiger charge is -2.02. The number of hydrogen-bond donors (Lipinski definition) is 0. The average molecular weight is 233 g/mol. The number of pyridine rings is 1. The predicted molar refractivity (Wildman–Crippen MR) is 56.6 cm³/mol. The lowest BCUT2D eigenvalue weighted by atomic mass is 10.2. The SMILES string of the molecule is COC(=O)c1ccnc(-c2ccnc(F)c2)n1. The highest BCUT2D eigenvalue weighted by atomic mass is 19.1. The molecule has 2 heterocycles. The molecule has 2 rings (SSSR count). The van der Waals surface area contributed by atoms with Crippen molar-refractivity contribution in [3.63, 3.8) is 0 Å². The molecule has 86 valence electrons. The molecule has 0 aliphatic heterocycles. The van der Waals surface area contributed by atoms with Crippen LogP contribution in [0, 0.1) is 5.95 Å². The molecule has 0 amide bonds. The van der Waals surface area contributed by atoms with Crippen LogP contribution in [0.3, 0.4) is 0 Å². The minimum absolute atomic E-state index is 0.120. The van der Waals surface area contributed by atoms with Gasteiger partial charge in [-0.3, -0.25) is 0 Å². The van der Waals surface area contributed by atoms with Crippen LogP contribution >= 0.6 is 0 Å². The van der Waals surface area contributed by atoms with E-state index in [0.717, 1.165) is 0 Å². The van der Waals surface area contributed by atoms with Gasteiger partial charge in [0, 0.05) is 24.0 Å². The Balaban J connectivity index is 2.43. The number of hydrogen-bond acceptors (Lipinski definition) is 5. The van der Waals surface area contributed by atoms with Crippen LogP contribution in [0.25, 0.3) is 11.4 Å². The van der Waals surface area contributed by atoms with Gasteiger partial charge in [0.05, 0.1) is 7.11 Å². The van der Waals surface area contributed by atoms with Crippen molar-refractivity contribution in [2.75, 3.05) is 7.11 Å². The topological polar surface area (TPSA) is 65.0 Å². The third-order valence-electron chi connectivity index (χ3n) is 2.03. The maximum Gasteiger partial charge on any atom is 0.356 e. The zero-order valence-corrected chi connectivity index (χ0v) is 8.92. The van der Waals surface area contributed by atoms with E-state index in [1.54, 1.807) is 6.07 Å². The van der Waals surface area contributed by atoms with Crippen molar-refractivity contribution < 1.29 is 13.9 Å². The number of nitrogens with zero attached hydrogens (tertiary/aromatic N) is 3. The van der Waals surface area contributed by atoms with E-state index in [1.807, 2.05) is 0 Å². The number of aromatic nitrogens is 3. The van der Waals surface area contributed by atoms with Crippen LogP contribution in [0.1, 0.15) is 10.5 Å². The van der Waals surface area contributed by atoms with Crippen LogP contribution < -0.4 is 0 Å². The first-order valence-corrected chi connectivity index (χ1v) is 4.74. The fraction of sp³-hybridized carbons (Fsp3) is 0.0909. The molecule has 6 heteroatoms. The maximum absolute atomic E-state index is 12.9. The van der Waals surface area contributed by atoms with E-state index in [9.17, 15) is 9.18 Å². The molecule has 0 saturated heterocycles. The van der Waals surface area contributed by atoms with Crippen LogP contribution in [-0.2, 0) is 4.74 Å². The molecule has 0 bridgehead atoms. The summed E-state index contributed by atoms with van der Waals surface area (Å²) in [5.74, 6) is -0.952. The van der Waals surface area contributed by atoms with Crippen molar-refractivity contribution in [2.24, 2.45) is 0 Å². The Morgan fingerprint density at radius 3 is 2.76 bits per heavy atom. The van der Waals surface area contributed by atoms with Gasteiger partial charge in [-0.2, -0.15) is 4.39 Å². The Bertz CT molecular complexity index is 560. The van der Waals surface area contributed by atoms with Gasteiger partial charge >= 0.3 is 5.97 Å². The van der Waals surface area contributed by atoms with Crippen molar-refractivity contribution in [1.29, 1.82) is 0 Å². The van der Waals surface area contributed by atoms with E-state index < -0.39 is 11.9 Å². The molecule has 2 aromatic rings.